The summed E-state index contributed by atoms with van der Waals surface area (Å²) in [4.78, 5) is 19.8. The number of H-pyrrole nitrogens is 1. The highest BCUT2D eigenvalue weighted by molar-refractivity contribution is 7.99. The number of carbonyl (C=O) groups is 1. The van der Waals surface area contributed by atoms with Gasteiger partial charge in [0.25, 0.3) is 0 Å². The zero-order chi connectivity index (χ0) is 19.4. The van der Waals surface area contributed by atoms with Crippen molar-refractivity contribution in [2.24, 2.45) is 0 Å². The summed E-state index contributed by atoms with van der Waals surface area (Å²) in [5.74, 6) is -0.00854. The molecule has 0 spiro atoms. The number of para-hydroxylation sites is 2. The van der Waals surface area contributed by atoms with Crippen LogP contribution in [0.25, 0.3) is 11.0 Å². The Bertz CT molecular complexity index is 1010. The van der Waals surface area contributed by atoms with Crippen LogP contribution in [0.5, 0.6) is 0 Å². The molecule has 1 aromatic heterocycles. The number of nitrogens with one attached hydrogen (secondary N) is 3. The first-order chi connectivity index (χ1) is 12.8. The van der Waals surface area contributed by atoms with Crippen LogP contribution in [0.1, 0.15) is 13.8 Å². The summed E-state index contributed by atoms with van der Waals surface area (Å²) < 4.78 is 26.7. The number of imidazole rings is 1. The van der Waals surface area contributed by atoms with Gasteiger partial charge in [0, 0.05) is 11.7 Å². The van der Waals surface area contributed by atoms with Gasteiger partial charge in [-0.15, -0.1) is 0 Å². The van der Waals surface area contributed by atoms with Crippen LogP contribution in [0.2, 0.25) is 0 Å². The molecule has 0 aliphatic rings. The maximum Gasteiger partial charge on any atom is 0.240 e. The fraction of sp³-hybridized carbons (Fsp3) is 0.222. The molecule has 7 nitrogen and oxygen atoms in total. The monoisotopic (exact) mass is 404 g/mol. The molecule has 0 fully saturated rings. The maximum absolute atomic E-state index is 12.1. The quantitative estimate of drug-likeness (QED) is 0.525. The van der Waals surface area contributed by atoms with Gasteiger partial charge in [-0.2, -0.15) is 0 Å². The Morgan fingerprint density at radius 1 is 1.15 bits per heavy atom. The Morgan fingerprint density at radius 2 is 1.85 bits per heavy atom. The molecule has 0 radical (unpaired) electrons. The van der Waals surface area contributed by atoms with Crippen molar-refractivity contribution in [1.29, 1.82) is 0 Å². The number of amides is 1. The maximum atomic E-state index is 12.1. The first-order valence-corrected chi connectivity index (χ1v) is 10.8. The Balaban J connectivity index is 1.57. The van der Waals surface area contributed by atoms with Gasteiger partial charge in [-0.1, -0.05) is 23.9 Å². The number of hydrogen-bond acceptors (Lipinski definition) is 5. The number of anilines is 1. The van der Waals surface area contributed by atoms with Gasteiger partial charge in [-0.05, 0) is 50.2 Å². The van der Waals surface area contributed by atoms with E-state index in [0.29, 0.717) is 10.8 Å². The molecular weight excluding hydrogens is 384 g/mol. The number of thioether (sulfide) groups is 1. The summed E-state index contributed by atoms with van der Waals surface area (Å²) in [6.45, 7) is 3.51. The number of hydrogen-bond donors (Lipinski definition) is 3. The van der Waals surface area contributed by atoms with E-state index in [1.807, 2.05) is 24.3 Å². The average Bonchev–Trinajstić information content (AvgIpc) is 3.02. The van der Waals surface area contributed by atoms with Crippen LogP contribution in [0.3, 0.4) is 0 Å². The van der Waals surface area contributed by atoms with E-state index in [-0.39, 0.29) is 22.6 Å². The van der Waals surface area contributed by atoms with Crippen molar-refractivity contribution in [3.8, 4) is 0 Å². The summed E-state index contributed by atoms with van der Waals surface area (Å²) in [5, 5.41) is 3.42. The Kier molecular flexibility index (Phi) is 5.83. The fourth-order valence-corrected chi connectivity index (χ4v) is 4.36. The molecule has 0 atom stereocenters. The van der Waals surface area contributed by atoms with Crippen LogP contribution < -0.4 is 10.0 Å². The van der Waals surface area contributed by atoms with Crippen molar-refractivity contribution in [2.75, 3.05) is 11.1 Å². The van der Waals surface area contributed by atoms with Crippen molar-refractivity contribution >= 4 is 44.4 Å². The summed E-state index contributed by atoms with van der Waals surface area (Å²) in [7, 11) is -3.54. The first-order valence-electron chi connectivity index (χ1n) is 8.33. The van der Waals surface area contributed by atoms with Crippen molar-refractivity contribution in [2.45, 2.75) is 29.9 Å². The Hall–Kier alpha value is -2.36. The molecule has 142 valence electrons. The SMILES string of the molecule is CC(C)NS(=O)(=O)c1ccc(NC(=O)CSc2nc3ccccc3[nH]2)cc1. The smallest absolute Gasteiger partial charge is 0.240 e. The molecule has 9 heteroatoms. The molecule has 0 saturated heterocycles. The largest absolute Gasteiger partial charge is 0.333 e. The number of aromatic amines is 1. The number of benzene rings is 2. The van der Waals surface area contributed by atoms with Crippen LogP contribution in [0.15, 0.2) is 58.6 Å². The van der Waals surface area contributed by atoms with Crippen LogP contribution in [0, 0.1) is 0 Å². The molecule has 0 unspecified atom stereocenters. The second-order valence-corrected chi connectivity index (χ2v) is 8.87. The molecule has 0 saturated carbocycles. The van der Waals surface area contributed by atoms with Crippen molar-refractivity contribution < 1.29 is 13.2 Å². The van der Waals surface area contributed by atoms with Crippen molar-refractivity contribution in [3.63, 3.8) is 0 Å². The van der Waals surface area contributed by atoms with Crippen molar-refractivity contribution in [1.82, 2.24) is 14.7 Å². The zero-order valence-corrected chi connectivity index (χ0v) is 16.5. The highest BCUT2D eigenvalue weighted by atomic mass is 32.2. The second-order valence-electron chi connectivity index (χ2n) is 6.20. The van der Waals surface area contributed by atoms with Gasteiger partial charge >= 0.3 is 0 Å². The third kappa shape index (κ3) is 5.09. The third-order valence-corrected chi connectivity index (χ3v) is 6.09. The van der Waals surface area contributed by atoms with Crippen LogP contribution in [-0.2, 0) is 14.8 Å². The number of aromatic nitrogens is 2. The molecular formula is C18H20N4O3S2. The number of nitrogens with zero attached hydrogens (tertiary/aromatic N) is 1. The molecule has 1 heterocycles. The molecule has 3 rings (SSSR count). The number of carbonyl (C=O) groups excluding carboxylic acids is 1. The van der Waals surface area contributed by atoms with Gasteiger partial charge in [-0.3, -0.25) is 4.79 Å². The normalized spacial score (nSPS) is 11.8. The first kappa shape index (κ1) is 19.4. The number of rotatable bonds is 7. The summed E-state index contributed by atoms with van der Waals surface area (Å²) in [5.41, 5.74) is 2.31. The zero-order valence-electron chi connectivity index (χ0n) is 14.9. The summed E-state index contributed by atoms with van der Waals surface area (Å²) >= 11 is 1.30. The lowest BCUT2D eigenvalue weighted by atomic mass is 10.3. The van der Waals surface area contributed by atoms with E-state index < -0.39 is 10.0 Å². The van der Waals surface area contributed by atoms with Gasteiger partial charge in [0.05, 0.1) is 21.7 Å². The fourth-order valence-electron chi connectivity index (χ4n) is 2.42. The lowest BCUT2D eigenvalue weighted by Crippen LogP contribution is -2.30. The lowest BCUT2D eigenvalue weighted by molar-refractivity contribution is -0.113. The predicted octanol–water partition coefficient (Wildman–Crippen LogP) is 2.98. The van der Waals surface area contributed by atoms with Crippen LogP contribution >= 0.6 is 11.8 Å². The number of sulfonamides is 1. The molecule has 2 aromatic carbocycles. The summed E-state index contributed by atoms with van der Waals surface area (Å²) in [6, 6.07) is 13.5. The average molecular weight is 405 g/mol. The third-order valence-electron chi connectivity index (χ3n) is 3.55. The van der Waals surface area contributed by atoms with Gasteiger partial charge in [-0.25, -0.2) is 18.1 Å². The molecule has 3 N–H and O–H groups in total. The van der Waals surface area contributed by atoms with E-state index in [1.165, 1.54) is 23.9 Å². The number of fused-ring (bicyclic) bond motifs is 1. The van der Waals surface area contributed by atoms with Crippen LogP contribution in [0.4, 0.5) is 5.69 Å². The van der Waals surface area contributed by atoms with E-state index in [0.717, 1.165) is 11.0 Å². The van der Waals surface area contributed by atoms with Crippen molar-refractivity contribution in [3.05, 3.63) is 48.5 Å². The minimum absolute atomic E-state index is 0.158. The Labute approximate surface area is 162 Å². The van der Waals surface area contributed by atoms with E-state index in [1.54, 1.807) is 26.0 Å². The van der Waals surface area contributed by atoms with E-state index in [2.05, 4.69) is 20.0 Å². The molecule has 0 aliphatic carbocycles. The van der Waals surface area contributed by atoms with Gasteiger partial charge in [0.15, 0.2) is 5.16 Å². The van der Waals surface area contributed by atoms with Gasteiger partial charge in [0.2, 0.25) is 15.9 Å². The Morgan fingerprint density at radius 3 is 2.52 bits per heavy atom. The van der Waals surface area contributed by atoms with Gasteiger partial charge in [0.1, 0.15) is 0 Å². The van der Waals surface area contributed by atoms with E-state index in [4.69, 9.17) is 0 Å². The standard InChI is InChI=1S/C18H20N4O3S2/c1-12(2)22-27(24,25)14-9-7-13(8-10-14)19-17(23)11-26-18-20-15-5-3-4-6-16(15)21-18/h3-10,12,22H,11H2,1-2H3,(H,19,23)(H,20,21). The topological polar surface area (TPSA) is 104 Å². The summed E-state index contributed by atoms with van der Waals surface area (Å²) in [6.07, 6.45) is 0. The van der Waals surface area contributed by atoms with E-state index in [9.17, 15) is 13.2 Å². The lowest BCUT2D eigenvalue weighted by Gasteiger charge is -2.10. The molecule has 0 aliphatic heterocycles. The molecule has 27 heavy (non-hydrogen) atoms. The van der Waals surface area contributed by atoms with Crippen LogP contribution in [-0.4, -0.2) is 36.1 Å². The minimum Gasteiger partial charge on any atom is -0.333 e. The highest BCUT2D eigenvalue weighted by Gasteiger charge is 2.15. The molecule has 1 amide bonds. The highest BCUT2D eigenvalue weighted by Crippen LogP contribution is 2.20. The molecule has 3 aromatic rings. The predicted molar refractivity (Wildman–Crippen MR) is 107 cm³/mol. The molecule has 0 bridgehead atoms. The minimum atomic E-state index is -3.54. The second kappa shape index (κ2) is 8.12. The van der Waals surface area contributed by atoms with Gasteiger partial charge < -0.3 is 10.3 Å². The van der Waals surface area contributed by atoms with E-state index >= 15 is 0 Å².